The van der Waals surface area contributed by atoms with E-state index in [9.17, 15) is 5.11 Å². The highest BCUT2D eigenvalue weighted by molar-refractivity contribution is 6.02. The molecule has 0 atom stereocenters. The van der Waals surface area contributed by atoms with Gasteiger partial charge < -0.3 is 5.11 Å². The van der Waals surface area contributed by atoms with Crippen LogP contribution in [0.2, 0.25) is 0 Å². The molecule has 4 aromatic rings. The lowest BCUT2D eigenvalue weighted by molar-refractivity contribution is 0.475. The standard InChI is InChI=1S/C19H14N4O/c24-18-10-9-13-5-1-2-6-14(13)15(18)11-21-23-19-12-20-16-7-3-4-8-17(16)22-19/h1-12,24H,(H,22,23)/b21-11+. The summed E-state index contributed by atoms with van der Waals surface area (Å²) in [5, 5.41) is 16.3. The molecule has 3 aromatic carbocycles. The van der Waals surface area contributed by atoms with Gasteiger partial charge in [0.2, 0.25) is 0 Å². The Labute approximate surface area is 138 Å². The van der Waals surface area contributed by atoms with Crippen molar-refractivity contribution in [2.45, 2.75) is 0 Å². The SMILES string of the molecule is Oc1ccc2ccccc2c1/C=N/Nc1cnc2ccccc2n1. The van der Waals surface area contributed by atoms with Gasteiger partial charge >= 0.3 is 0 Å². The minimum absolute atomic E-state index is 0.184. The Morgan fingerprint density at radius 1 is 0.917 bits per heavy atom. The summed E-state index contributed by atoms with van der Waals surface area (Å²) in [6.45, 7) is 0. The number of anilines is 1. The number of aromatic hydroxyl groups is 1. The van der Waals surface area contributed by atoms with Crippen LogP contribution in [0.3, 0.4) is 0 Å². The van der Waals surface area contributed by atoms with Crippen LogP contribution in [-0.4, -0.2) is 21.3 Å². The van der Waals surface area contributed by atoms with Crippen LogP contribution in [0.25, 0.3) is 21.8 Å². The predicted molar refractivity (Wildman–Crippen MR) is 96.4 cm³/mol. The molecule has 0 radical (unpaired) electrons. The monoisotopic (exact) mass is 314 g/mol. The van der Waals surface area contributed by atoms with Crippen LogP contribution in [0.15, 0.2) is 72.0 Å². The third-order valence-electron chi connectivity index (χ3n) is 3.77. The van der Waals surface area contributed by atoms with Crippen molar-refractivity contribution < 1.29 is 5.11 Å². The van der Waals surface area contributed by atoms with E-state index < -0.39 is 0 Å². The number of hydrazone groups is 1. The molecule has 0 fully saturated rings. The molecule has 0 aliphatic rings. The van der Waals surface area contributed by atoms with Gasteiger partial charge in [0, 0.05) is 5.56 Å². The number of para-hydroxylation sites is 2. The van der Waals surface area contributed by atoms with Crippen molar-refractivity contribution in [1.82, 2.24) is 9.97 Å². The van der Waals surface area contributed by atoms with E-state index in [2.05, 4.69) is 20.5 Å². The van der Waals surface area contributed by atoms with Gasteiger partial charge in [-0.1, -0.05) is 42.5 Å². The highest BCUT2D eigenvalue weighted by Crippen LogP contribution is 2.25. The molecule has 0 aliphatic carbocycles. The average molecular weight is 314 g/mol. The third kappa shape index (κ3) is 2.63. The maximum atomic E-state index is 10.1. The molecule has 0 saturated carbocycles. The normalized spacial score (nSPS) is 11.3. The number of hydrogen-bond acceptors (Lipinski definition) is 5. The highest BCUT2D eigenvalue weighted by atomic mass is 16.3. The molecule has 0 bridgehead atoms. The number of aromatic nitrogens is 2. The molecule has 0 saturated heterocycles. The first kappa shape index (κ1) is 14.1. The van der Waals surface area contributed by atoms with Gasteiger partial charge in [-0.15, -0.1) is 0 Å². The summed E-state index contributed by atoms with van der Waals surface area (Å²) in [5.74, 6) is 0.730. The largest absolute Gasteiger partial charge is 0.507 e. The number of nitrogens with one attached hydrogen (secondary N) is 1. The van der Waals surface area contributed by atoms with Crippen LogP contribution in [-0.2, 0) is 0 Å². The third-order valence-corrected chi connectivity index (χ3v) is 3.77. The number of fused-ring (bicyclic) bond motifs is 2. The van der Waals surface area contributed by atoms with Crippen molar-refractivity contribution in [3.63, 3.8) is 0 Å². The predicted octanol–water partition coefficient (Wildman–Crippen LogP) is 3.93. The molecule has 5 heteroatoms. The second-order valence-electron chi connectivity index (χ2n) is 5.33. The zero-order valence-corrected chi connectivity index (χ0v) is 12.7. The first-order valence-corrected chi connectivity index (χ1v) is 7.53. The van der Waals surface area contributed by atoms with Crippen LogP contribution >= 0.6 is 0 Å². The van der Waals surface area contributed by atoms with Gasteiger partial charge in [-0.2, -0.15) is 5.10 Å². The molecule has 24 heavy (non-hydrogen) atoms. The van der Waals surface area contributed by atoms with Crippen LogP contribution in [0.5, 0.6) is 5.75 Å². The Hall–Kier alpha value is -3.47. The van der Waals surface area contributed by atoms with Crippen LogP contribution < -0.4 is 5.43 Å². The topological polar surface area (TPSA) is 70.4 Å². The van der Waals surface area contributed by atoms with E-state index in [0.29, 0.717) is 11.4 Å². The molecule has 116 valence electrons. The van der Waals surface area contributed by atoms with E-state index in [1.165, 1.54) is 0 Å². The van der Waals surface area contributed by atoms with Gasteiger partial charge in [0.15, 0.2) is 5.82 Å². The molecule has 2 N–H and O–H groups in total. The van der Waals surface area contributed by atoms with Gasteiger partial charge in [-0.25, -0.2) is 4.98 Å². The van der Waals surface area contributed by atoms with Crippen LogP contribution in [0.4, 0.5) is 5.82 Å². The van der Waals surface area contributed by atoms with Crippen molar-refractivity contribution in [2.75, 3.05) is 5.43 Å². The number of phenols is 1. The minimum Gasteiger partial charge on any atom is -0.507 e. The summed E-state index contributed by atoms with van der Waals surface area (Å²) in [5.41, 5.74) is 5.15. The van der Waals surface area contributed by atoms with Crippen molar-refractivity contribution >= 4 is 33.8 Å². The van der Waals surface area contributed by atoms with Gasteiger partial charge in [0.05, 0.1) is 23.4 Å². The zero-order chi connectivity index (χ0) is 16.4. The fourth-order valence-electron chi connectivity index (χ4n) is 2.59. The summed E-state index contributed by atoms with van der Waals surface area (Å²) < 4.78 is 0. The fourth-order valence-corrected chi connectivity index (χ4v) is 2.59. The van der Waals surface area contributed by atoms with E-state index in [4.69, 9.17) is 0 Å². The Morgan fingerprint density at radius 2 is 1.71 bits per heavy atom. The Morgan fingerprint density at radius 3 is 2.62 bits per heavy atom. The second kappa shape index (κ2) is 5.96. The first-order valence-electron chi connectivity index (χ1n) is 7.53. The highest BCUT2D eigenvalue weighted by Gasteiger charge is 2.04. The van der Waals surface area contributed by atoms with Crippen molar-refractivity contribution in [3.8, 4) is 5.75 Å². The number of hydrogen-bond donors (Lipinski definition) is 2. The zero-order valence-electron chi connectivity index (χ0n) is 12.7. The Bertz CT molecular complexity index is 1060. The van der Waals surface area contributed by atoms with Crippen molar-refractivity contribution in [2.24, 2.45) is 5.10 Å². The molecular weight excluding hydrogens is 300 g/mol. The maximum absolute atomic E-state index is 10.1. The lowest BCUT2D eigenvalue weighted by Gasteiger charge is -2.05. The molecule has 4 rings (SSSR count). The summed E-state index contributed by atoms with van der Waals surface area (Å²) in [6.07, 6.45) is 3.22. The summed E-state index contributed by atoms with van der Waals surface area (Å²) >= 11 is 0. The van der Waals surface area contributed by atoms with Crippen molar-refractivity contribution in [3.05, 3.63) is 72.4 Å². The lowest BCUT2D eigenvalue weighted by Crippen LogP contribution is -1.96. The van der Waals surface area contributed by atoms with E-state index in [0.717, 1.165) is 21.8 Å². The van der Waals surface area contributed by atoms with Gasteiger partial charge in [0.25, 0.3) is 0 Å². The maximum Gasteiger partial charge on any atom is 0.165 e. The number of benzene rings is 3. The van der Waals surface area contributed by atoms with E-state index in [1.54, 1.807) is 18.5 Å². The molecule has 5 nitrogen and oxygen atoms in total. The Kier molecular flexibility index (Phi) is 3.51. The molecular formula is C19H14N4O. The van der Waals surface area contributed by atoms with Gasteiger partial charge in [0.1, 0.15) is 5.75 Å². The molecule has 0 unspecified atom stereocenters. The van der Waals surface area contributed by atoms with E-state index >= 15 is 0 Å². The molecule has 0 spiro atoms. The molecule has 1 heterocycles. The van der Waals surface area contributed by atoms with Crippen molar-refractivity contribution in [1.29, 1.82) is 0 Å². The minimum atomic E-state index is 0.184. The number of nitrogens with zero attached hydrogens (tertiary/aromatic N) is 3. The summed E-state index contributed by atoms with van der Waals surface area (Å²) in [4.78, 5) is 8.77. The van der Waals surface area contributed by atoms with Crippen LogP contribution in [0.1, 0.15) is 5.56 Å². The summed E-state index contributed by atoms with van der Waals surface area (Å²) in [7, 11) is 0. The molecule has 0 aliphatic heterocycles. The van der Waals surface area contributed by atoms with Gasteiger partial charge in [-0.05, 0) is 29.0 Å². The Balaban J connectivity index is 1.64. The number of rotatable bonds is 3. The first-order chi connectivity index (χ1) is 11.8. The second-order valence-corrected chi connectivity index (χ2v) is 5.33. The molecule has 1 aromatic heterocycles. The van der Waals surface area contributed by atoms with E-state index in [-0.39, 0.29) is 5.75 Å². The fraction of sp³-hybridized carbons (Fsp3) is 0. The van der Waals surface area contributed by atoms with Gasteiger partial charge in [-0.3, -0.25) is 10.4 Å². The quantitative estimate of drug-likeness (QED) is 0.444. The van der Waals surface area contributed by atoms with E-state index in [1.807, 2.05) is 54.6 Å². The lowest BCUT2D eigenvalue weighted by atomic mass is 10.0. The summed E-state index contributed by atoms with van der Waals surface area (Å²) in [6, 6.07) is 19.0. The molecule has 0 amide bonds. The average Bonchev–Trinajstić information content (AvgIpc) is 2.63. The number of phenolic OH excluding ortho intramolecular Hbond substituents is 1. The smallest absolute Gasteiger partial charge is 0.165 e. The van der Waals surface area contributed by atoms with Crippen LogP contribution in [0, 0.1) is 0 Å².